The first-order valence-corrected chi connectivity index (χ1v) is 26.3. The third kappa shape index (κ3) is 14.2. The predicted molar refractivity (Wildman–Crippen MR) is 303 cm³/mol. The molecule has 2 saturated heterocycles. The molecule has 0 unspecified atom stereocenters. The normalized spacial score (nSPS) is 14.0. The lowest BCUT2D eigenvalue weighted by atomic mass is 9.98. The van der Waals surface area contributed by atoms with Crippen molar-refractivity contribution in [3.05, 3.63) is 200 Å². The number of ether oxygens (including phenoxy) is 3. The van der Waals surface area contributed by atoms with Crippen molar-refractivity contribution in [1.29, 1.82) is 0 Å². The highest BCUT2D eigenvalue weighted by Gasteiger charge is 2.29. The van der Waals surface area contributed by atoms with E-state index in [4.69, 9.17) is 19.2 Å². The van der Waals surface area contributed by atoms with Gasteiger partial charge in [0.1, 0.15) is 5.75 Å². The summed E-state index contributed by atoms with van der Waals surface area (Å²) >= 11 is -0.228. The van der Waals surface area contributed by atoms with Gasteiger partial charge in [0, 0.05) is 84.1 Å². The lowest BCUT2D eigenvalue weighted by Gasteiger charge is -2.26. The van der Waals surface area contributed by atoms with Gasteiger partial charge in [-0.25, -0.2) is 9.59 Å². The van der Waals surface area contributed by atoms with Crippen LogP contribution in [0.15, 0.2) is 193 Å². The number of thioether (sulfide) groups is 1. The van der Waals surface area contributed by atoms with Gasteiger partial charge in [-0.15, -0.1) is 0 Å². The van der Waals surface area contributed by atoms with E-state index in [1.54, 1.807) is 0 Å². The van der Waals surface area contributed by atoms with Gasteiger partial charge in [-0.05, 0) is 100 Å². The Kier molecular flexibility index (Phi) is 17.2. The minimum absolute atomic E-state index is 0.00493. The van der Waals surface area contributed by atoms with Gasteiger partial charge in [-0.2, -0.15) is 13.2 Å². The maximum atomic E-state index is 13.1. The molecule has 0 bridgehead atoms. The lowest BCUT2D eigenvalue weighted by molar-refractivity contribution is -0.0328. The number of fused-ring (bicyclic) bond motifs is 2. The lowest BCUT2D eigenvalue weighted by Crippen LogP contribution is -2.35. The van der Waals surface area contributed by atoms with Crippen molar-refractivity contribution in [3.8, 4) is 33.8 Å². The van der Waals surface area contributed by atoms with Crippen LogP contribution in [0.2, 0.25) is 0 Å². The van der Waals surface area contributed by atoms with Crippen LogP contribution in [0.25, 0.3) is 43.8 Å². The molecule has 0 spiro atoms. The molecule has 2 aliphatic rings. The largest absolute Gasteiger partial charge is 0.455 e. The summed E-state index contributed by atoms with van der Waals surface area (Å²) in [7, 11) is 0. The molecular formula is C61H55F3N8O5S. The van der Waals surface area contributed by atoms with Gasteiger partial charge in [-0.1, -0.05) is 109 Å². The monoisotopic (exact) mass is 1070 g/mol. The highest BCUT2D eigenvalue weighted by molar-refractivity contribution is 8.00. The summed E-state index contributed by atoms with van der Waals surface area (Å²) in [5.74, 6) is 1.26. The summed E-state index contributed by atoms with van der Waals surface area (Å²) < 4.78 is 54.9. The SMILES string of the molecule is O=C(Nc1cccc(SC(F)(F)F)c1)Nc1ccc(-c2ccc(CN3CCOCC3)nc2)c2ccccc12.O=C(Nc1ccccc1Oc1ccccc1)Nc1ccc(-c2ccc(CN3CCOCC3)nc2)c2ccccc12. The van der Waals surface area contributed by atoms with Crippen LogP contribution in [-0.2, 0) is 22.6 Å². The van der Waals surface area contributed by atoms with E-state index in [9.17, 15) is 22.8 Å². The van der Waals surface area contributed by atoms with Crippen LogP contribution in [0, 0.1) is 0 Å². The first-order chi connectivity index (χ1) is 38.1. The first-order valence-electron chi connectivity index (χ1n) is 25.4. The number of carbonyl (C=O) groups is 2. The highest BCUT2D eigenvalue weighted by Crippen LogP contribution is 2.39. The zero-order chi connectivity index (χ0) is 53.7. The average molecular weight is 1070 g/mol. The molecule has 0 aliphatic carbocycles. The van der Waals surface area contributed by atoms with E-state index in [2.05, 4.69) is 60.3 Å². The van der Waals surface area contributed by atoms with Gasteiger partial charge in [0.15, 0.2) is 5.75 Å². The van der Waals surface area contributed by atoms with Crippen LogP contribution in [-0.4, -0.2) is 89.9 Å². The number of aromatic nitrogens is 2. The molecule has 17 heteroatoms. The minimum atomic E-state index is -4.40. The van der Waals surface area contributed by atoms with Crippen LogP contribution < -0.4 is 26.0 Å². The Morgan fingerprint density at radius 3 is 1.53 bits per heavy atom. The molecule has 2 aliphatic heterocycles. The van der Waals surface area contributed by atoms with Gasteiger partial charge in [0.05, 0.1) is 54.9 Å². The number of nitrogens with zero attached hydrogens (tertiary/aromatic N) is 4. The van der Waals surface area contributed by atoms with Crippen molar-refractivity contribution in [3.63, 3.8) is 0 Å². The fourth-order valence-electron chi connectivity index (χ4n) is 9.26. The Balaban J connectivity index is 0.000000177. The Bertz CT molecular complexity index is 3490. The molecule has 7 aromatic carbocycles. The number of para-hydroxylation sites is 3. The number of hydrogen-bond acceptors (Lipinski definition) is 10. The maximum Gasteiger partial charge on any atom is 0.446 e. The smallest absolute Gasteiger partial charge is 0.446 e. The number of hydrogen-bond donors (Lipinski definition) is 4. The topological polar surface area (TPSA) is 142 Å². The van der Waals surface area contributed by atoms with E-state index in [1.807, 2.05) is 140 Å². The fraction of sp³-hybridized carbons (Fsp3) is 0.180. The van der Waals surface area contributed by atoms with Crippen molar-refractivity contribution in [2.75, 3.05) is 73.9 Å². The predicted octanol–water partition coefficient (Wildman–Crippen LogP) is 14.2. The Hall–Kier alpha value is -8.32. The molecule has 11 rings (SSSR count). The fourth-order valence-corrected chi connectivity index (χ4v) is 9.86. The molecule has 2 aromatic heterocycles. The van der Waals surface area contributed by atoms with Crippen LogP contribution >= 0.6 is 11.8 Å². The molecule has 2 fully saturated rings. The van der Waals surface area contributed by atoms with E-state index in [0.29, 0.717) is 22.9 Å². The number of pyridine rings is 2. The number of benzene rings is 7. The van der Waals surface area contributed by atoms with Crippen molar-refractivity contribution < 1.29 is 37.0 Å². The number of alkyl halides is 3. The number of urea groups is 2. The first kappa shape index (κ1) is 53.1. The van der Waals surface area contributed by atoms with Gasteiger partial charge < -0.3 is 35.5 Å². The van der Waals surface area contributed by atoms with Crippen molar-refractivity contribution in [2.45, 2.75) is 23.5 Å². The number of anilines is 4. The number of carbonyl (C=O) groups excluding carboxylic acids is 2. The van der Waals surface area contributed by atoms with Crippen LogP contribution in [0.3, 0.4) is 0 Å². The van der Waals surface area contributed by atoms with Crippen molar-refractivity contribution in [1.82, 2.24) is 19.8 Å². The summed E-state index contributed by atoms with van der Waals surface area (Å²) in [6.07, 6.45) is 3.80. The van der Waals surface area contributed by atoms with Crippen LogP contribution in [0.4, 0.5) is 45.5 Å². The van der Waals surface area contributed by atoms with Crippen LogP contribution in [0.5, 0.6) is 11.5 Å². The van der Waals surface area contributed by atoms with E-state index >= 15 is 0 Å². The Labute approximate surface area is 453 Å². The molecule has 0 atom stereocenters. The molecule has 4 N–H and O–H groups in total. The van der Waals surface area contributed by atoms with E-state index in [1.165, 1.54) is 24.3 Å². The summed E-state index contributed by atoms with van der Waals surface area (Å²) in [5.41, 5.74) is 3.81. The second kappa shape index (κ2) is 25.2. The molecule has 78 heavy (non-hydrogen) atoms. The average Bonchev–Trinajstić information content (AvgIpc) is 3.55. The standard InChI is InChI=1S/C33H30N4O3.C28H25F3N4O2S/c38-33(36-31-12-6-7-13-32(31)40-26-8-2-1-3-9-26)35-30-17-16-27(28-10-4-5-11-29(28)30)24-14-15-25(34-22-24)23-37-18-20-39-21-19-37;29-28(30,31)38-22-5-3-4-20(16-22)33-27(36)34-26-11-10-23(24-6-1-2-7-25(24)26)19-8-9-21(32-17-19)18-35-12-14-37-15-13-35/h1-17,22H,18-21,23H2,(H2,35,36,38);1-11,16-17H,12-15,18H2,(H2,33,34,36). The Morgan fingerprint density at radius 2 is 1.00 bits per heavy atom. The second-order valence-electron chi connectivity index (χ2n) is 18.4. The summed E-state index contributed by atoms with van der Waals surface area (Å²) in [6, 6.07) is 53.4. The van der Waals surface area contributed by atoms with Crippen molar-refractivity contribution in [2.24, 2.45) is 0 Å². The number of amides is 4. The molecule has 9 aromatic rings. The number of rotatable bonds is 13. The van der Waals surface area contributed by atoms with Crippen molar-refractivity contribution >= 4 is 68.1 Å². The quantitative estimate of drug-likeness (QED) is 0.0825. The number of halogens is 3. The molecule has 0 radical (unpaired) electrons. The van der Waals surface area contributed by atoms with Gasteiger partial charge in [0.25, 0.3) is 0 Å². The minimum Gasteiger partial charge on any atom is -0.455 e. The Morgan fingerprint density at radius 1 is 0.513 bits per heavy atom. The summed E-state index contributed by atoms with van der Waals surface area (Å²) in [5, 5.41) is 15.1. The van der Waals surface area contributed by atoms with E-state index < -0.39 is 11.5 Å². The summed E-state index contributed by atoms with van der Waals surface area (Å²) in [6.45, 7) is 8.29. The summed E-state index contributed by atoms with van der Waals surface area (Å²) in [4.78, 5) is 39.9. The van der Waals surface area contributed by atoms with Gasteiger partial charge in [0.2, 0.25) is 0 Å². The zero-order valence-electron chi connectivity index (χ0n) is 42.3. The molecule has 4 heterocycles. The molecule has 4 amide bonds. The van der Waals surface area contributed by atoms with Gasteiger partial charge in [-0.3, -0.25) is 19.8 Å². The molecule has 13 nitrogen and oxygen atoms in total. The van der Waals surface area contributed by atoms with E-state index in [-0.39, 0.29) is 28.4 Å². The molecule has 396 valence electrons. The third-order valence-electron chi connectivity index (χ3n) is 13.0. The molecule has 0 saturated carbocycles. The third-order valence-corrected chi connectivity index (χ3v) is 13.7. The number of nitrogens with one attached hydrogen (secondary N) is 4. The highest BCUT2D eigenvalue weighted by atomic mass is 32.2. The zero-order valence-corrected chi connectivity index (χ0v) is 43.2. The van der Waals surface area contributed by atoms with Gasteiger partial charge >= 0.3 is 17.6 Å². The second-order valence-corrected chi connectivity index (χ2v) is 19.5. The maximum absolute atomic E-state index is 13.1. The van der Waals surface area contributed by atoms with E-state index in [0.717, 1.165) is 127 Å². The number of morpholine rings is 2. The molecular weight excluding hydrogens is 1010 g/mol. The van der Waals surface area contributed by atoms with Crippen LogP contribution in [0.1, 0.15) is 11.4 Å².